The van der Waals surface area contributed by atoms with Gasteiger partial charge >= 0.3 is 5.97 Å². The molecule has 3 aromatic rings. The minimum atomic E-state index is -0.383. The van der Waals surface area contributed by atoms with E-state index in [1.807, 2.05) is 42.5 Å². The summed E-state index contributed by atoms with van der Waals surface area (Å²) in [7, 11) is 6.14. The highest BCUT2D eigenvalue weighted by Gasteiger charge is 2.38. The molecule has 7 nitrogen and oxygen atoms in total. The number of ether oxygens (including phenoxy) is 4. The first-order valence-corrected chi connectivity index (χ1v) is 11.5. The first-order valence-electron chi connectivity index (χ1n) is 10.7. The zero-order valence-electron chi connectivity index (χ0n) is 19.5. The Morgan fingerprint density at radius 3 is 2.18 bits per heavy atom. The van der Waals surface area contributed by atoms with Crippen LogP contribution in [0, 0.1) is 0 Å². The van der Waals surface area contributed by atoms with Crippen LogP contribution in [0.15, 0.2) is 65.1 Å². The van der Waals surface area contributed by atoms with Crippen LogP contribution in [0.4, 0.5) is 5.69 Å². The Balaban J connectivity index is 1.93. The normalized spacial score (nSPS) is 17.3. The summed E-state index contributed by atoms with van der Waals surface area (Å²) in [6.07, 6.45) is -0.383. The molecule has 2 atom stereocenters. The second kappa shape index (κ2) is 10.4. The number of anilines is 1. The van der Waals surface area contributed by atoms with Crippen molar-refractivity contribution < 1.29 is 23.7 Å². The van der Waals surface area contributed by atoms with E-state index in [9.17, 15) is 4.79 Å². The zero-order chi connectivity index (χ0) is 24.2. The molecule has 0 amide bonds. The first kappa shape index (κ1) is 23.9. The van der Waals surface area contributed by atoms with Gasteiger partial charge in [0, 0.05) is 10.2 Å². The van der Waals surface area contributed by atoms with Crippen molar-refractivity contribution in [3.05, 3.63) is 81.8 Å². The average molecular weight is 527 g/mol. The maximum absolute atomic E-state index is 12.6. The third-order valence-corrected chi connectivity index (χ3v) is 6.41. The van der Waals surface area contributed by atoms with Crippen molar-refractivity contribution in [2.45, 2.75) is 12.2 Å². The molecular formula is C26H27BrN2O5. The van der Waals surface area contributed by atoms with Crippen LogP contribution in [0.5, 0.6) is 17.2 Å². The zero-order valence-corrected chi connectivity index (χ0v) is 21.1. The number of carbonyl (C=O) groups is 1. The van der Waals surface area contributed by atoms with Crippen molar-refractivity contribution >= 4 is 27.6 Å². The topological polar surface area (TPSA) is 69.3 Å². The standard InChI is InChI=1S/C26H27BrN2O5/c1-31-21-12-17(13-22(32-2)25(21)34-4)26-28-20-11-10-18(27)14-19(20)24(16-8-6-5-7-9-16)29(26)15-23(30)33-3/h5-14,24,26,28H,15H2,1-4H3/t24-,26+/m1/s1. The lowest BCUT2D eigenvalue weighted by atomic mass is 9.91. The maximum Gasteiger partial charge on any atom is 0.319 e. The summed E-state index contributed by atoms with van der Waals surface area (Å²) in [4.78, 5) is 14.7. The summed E-state index contributed by atoms with van der Waals surface area (Å²) in [5.41, 5.74) is 3.93. The van der Waals surface area contributed by atoms with Crippen molar-refractivity contribution in [2.24, 2.45) is 0 Å². The molecule has 0 saturated heterocycles. The third-order valence-electron chi connectivity index (χ3n) is 5.92. The van der Waals surface area contributed by atoms with Crippen LogP contribution in [0.2, 0.25) is 0 Å². The molecule has 0 bridgehead atoms. The van der Waals surface area contributed by atoms with E-state index in [1.54, 1.807) is 21.3 Å². The molecule has 34 heavy (non-hydrogen) atoms. The lowest BCUT2D eigenvalue weighted by Gasteiger charge is -2.44. The molecule has 4 rings (SSSR count). The van der Waals surface area contributed by atoms with Crippen molar-refractivity contribution in [3.8, 4) is 17.2 Å². The molecule has 3 aromatic carbocycles. The molecule has 0 fully saturated rings. The van der Waals surface area contributed by atoms with Crippen LogP contribution in [0.25, 0.3) is 0 Å². The lowest BCUT2D eigenvalue weighted by Crippen LogP contribution is -2.44. The lowest BCUT2D eigenvalue weighted by molar-refractivity contribution is -0.143. The smallest absolute Gasteiger partial charge is 0.319 e. The van der Waals surface area contributed by atoms with Gasteiger partial charge < -0.3 is 24.3 Å². The number of esters is 1. The number of halogens is 1. The predicted octanol–water partition coefficient (Wildman–Crippen LogP) is 5.16. The van der Waals surface area contributed by atoms with Gasteiger partial charge in [0.2, 0.25) is 5.75 Å². The average Bonchev–Trinajstić information content (AvgIpc) is 2.87. The number of nitrogens with one attached hydrogen (secondary N) is 1. The first-order chi connectivity index (χ1) is 16.5. The second-order valence-electron chi connectivity index (χ2n) is 7.80. The molecule has 0 radical (unpaired) electrons. The fourth-order valence-corrected chi connectivity index (χ4v) is 4.76. The Hall–Kier alpha value is -3.23. The minimum absolute atomic E-state index is 0.0658. The summed E-state index contributed by atoms with van der Waals surface area (Å²) < 4.78 is 22.7. The van der Waals surface area contributed by atoms with Crippen molar-refractivity contribution in [1.29, 1.82) is 0 Å². The van der Waals surface area contributed by atoms with Gasteiger partial charge in [0.1, 0.15) is 6.17 Å². The molecule has 1 N–H and O–H groups in total. The Morgan fingerprint density at radius 1 is 0.912 bits per heavy atom. The van der Waals surface area contributed by atoms with Crippen LogP contribution < -0.4 is 19.5 Å². The second-order valence-corrected chi connectivity index (χ2v) is 8.71. The van der Waals surface area contributed by atoms with E-state index >= 15 is 0 Å². The number of fused-ring (bicyclic) bond motifs is 1. The van der Waals surface area contributed by atoms with E-state index in [-0.39, 0.29) is 24.7 Å². The number of methoxy groups -OCH3 is 4. The molecular weight excluding hydrogens is 500 g/mol. The molecule has 1 heterocycles. The van der Waals surface area contributed by atoms with Crippen LogP contribution >= 0.6 is 15.9 Å². The molecule has 0 spiro atoms. The number of benzene rings is 3. The van der Waals surface area contributed by atoms with E-state index in [0.29, 0.717) is 17.2 Å². The number of carbonyl (C=O) groups excluding carboxylic acids is 1. The van der Waals surface area contributed by atoms with Gasteiger partial charge in [-0.15, -0.1) is 0 Å². The van der Waals surface area contributed by atoms with Crippen LogP contribution in [0.3, 0.4) is 0 Å². The summed E-state index contributed by atoms with van der Waals surface area (Å²) in [6, 6.07) is 19.8. The SMILES string of the molecule is COC(=O)CN1[C@H](c2ccccc2)c2cc(Br)ccc2N[C@@H]1c1cc(OC)c(OC)c(OC)c1. The summed E-state index contributed by atoms with van der Waals surface area (Å²) in [5.74, 6) is 1.25. The van der Waals surface area contributed by atoms with Gasteiger partial charge in [-0.1, -0.05) is 46.3 Å². The fourth-order valence-electron chi connectivity index (χ4n) is 4.39. The van der Waals surface area contributed by atoms with Crippen LogP contribution in [-0.2, 0) is 9.53 Å². The molecule has 1 aliphatic rings. The maximum atomic E-state index is 12.6. The van der Waals surface area contributed by atoms with E-state index in [1.165, 1.54) is 7.11 Å². The van der Waals surface area contributed by atoms with E-state index in [0.717, 1.165) is 26.9 Å². The summed E-state index contributed by atoms with van der Waals surface area (Å²) >= 11 is 3.60. The molecule has 8 heteroatoms. The number of hydrogen-bond acceptors (Lipinski definition) is 7. The number of rotatable bonds is 7. The molecule has 1 aliphatic heterocycles. The Morgan fingerprint density at radius 2 is 1.59 bits per heavy atom. The Bertz CT molecular complexity index is 1150. The molecule has 0 unspecified atom stereocenters. The number of nitrogens with zero attached hydrogens (tertiary/aromatic N) is 1. The van der Waals surface area contributed by atoms with E-state index in [2.05, 4.69) is 44.3 Å². The van der Waals surface area contributed by atoms with Gasteiger partial charge in [0.05, 0.1) is 41.0 Å². The van der Waals surface area contributed by atoms with Gasteiger partial charge in [0.25, 0.3) is 0 Å². The quantitative estimate of drug-likeness (QED) is 0.426. The monoisotopic (exact) mass is 526 g/mol. The van der Waals surface area contributed by atoms with Gasteiger partial charge in [-0.3, -0.25) is 9.69 Å². The molecule has 0 saturated carbocycles. The van der Waals surface area contributed by atoms with Crippen molar-refractivity contribution in [2.75, 3.05) is 40.3 Å². The van der Waals surface area contributed by atoms with Gasteiger partial charge in [-0.25, -0.2) is 0 Å². The van der Waals surface area contributed by atoms with E-state index in [4.69, 9.17) is 18.9 Å². The fraction of sp³-hybridized carbons (Fsp3) is 0.269. The van der Waals surface area contributed by atoms with Crippen molar-refractivity contribution in [3.63, 3.8) is 0 Å². The summed E-state index contributed by atoms with van der Waals surface area (Å²) in [5, 5.41) is 3.61. The minimum Gasteiger partial charge on any atom is -0.493 e. The van der Waals surface area contributed by atoms with Gasteiger partial charge in [0.15, 0.2) is 11.5 Å². The van der Waals surface area contributed by atoms with Crippen molar-refractivity contribution in [1.82, 2.24) is 4.90 Å². The number of hydrogen-bond donors (Lipinski definition) is 1. The largest absolute Gasteiger partial charge is 0.493 e. The van der Waals surface area contributed by atoms with E-state index < -0.39 is 0 Å². The summed E-state index contributed by atoms with van der Waals surface area (Å²) in [6.45, 7) is 0.0658. The Labute approximate surface area is 207 Å². The van der Waals surface area contributed by atoms with Gasteiger partial charge in [-0.05, 0) is 47.0 Å². The Kier molecular flexibility index (Phi) is 7.29. The van der Waals surface area contributed by atoms with Crippen LogP contribution in [0.1, 0.15) is 28.9 Å². The molecule has 0 aliphatic carbocycles. The van der Waals surface area contributed by atoms with Crippen LogP contribution in [-0.4, -0.2) is 45.9 Å². The molecule has 178 valence electrons. The predicted molar refractivity (Wildman–Crippen MR) is 134 cm³/mol. The molecule has 0 aromatic heterocycles. The highest BCUT2D eigenvalue weighted by molar-refractivity contribution is 9.10. The van der Waals surface area contributed by atoms with Gasteiger partial charge in [-0.2, -0.15) is 0 Å². The highest BCUT2D eigenvalue weighted by atomic mass is 79.9. The third kappa shape index (κ3) is 4.56. The highest BCUT2D eigenvalue weighted by Crippen LogP contribution is 2.47.